The Labute approximate surface area is 195 Å². The average molecular weight is 487 g/mol. The first-order valence-electron chi connectivity index (χ1n) is 10.9. The Balaban J connectivity index is 1.54. The molecule has 0 radical (unpaired) electrons. The van der Waals surface area contributed by atoms with Crippen LogP contribution in [-0.2, 0) is 11.1 Å². The third kappa shape index (κ3) is 5.49. The molecular formula is C22H26N5O6P. The fourth-order valence-corrected chi connectivity index (χ4v) is 4.85. The van der Waals surface area contributed by atoms with Crippen LogP contribution in [0, 0.1) is 5.92 Å². The summed E-state index contributed by atoms with van der Waals surface area (Å²) >= 11 is 0. The summed E-state index contributed by atoms with van der Waals surface area (Å²) in [5.74, 6) is 0.790. The summed E-state index contributed by atoms with van der Waals surface area (Å²) in [4.78, 5) is 54.3. The summed E-state index contributed by atoms with van der Waals surface area (Å²) in [5, 5.41) is 4.99. The van der Waals surface area contributed by atoms with E-state index in [4.69, 9.17) is 14.5 Å². The number of hydrogen-bond donors (Lipinski definition) is 2. The van der Waals surface area contributed by atoms with Gasteiger partial charge in [0.1, 0.15) is 17.7 Å². The number of anilines is 1. The molecule has 0 saturated carbocycles. The van der Waals surface area contributed by atoms with Gasteiger partial charge in [0.15, 0.2) is 5.78 Å². The number of ketones is 1. The Bertz CT molecular complexity index is 1280. The molecule has 11 nitrogen and oxygen atoms in total. The van der Waals surface area contributed by atoms with Crippen molar-refractivity contribution < 1.29 is 23.9 Å². The molecule has 1 saturated heterocycles. The fraction of sp³-hybridized carbons (Fsp3) is 0.409. The number of carbonyl (C=O) groups excluding carboxylic acids is 1. The normalized spacial score (nSPS) is 15.0. The zero-order chi connectivity index (χ0) is 24.3. The number of Topliss-reactive ketones (excluding diaryl/α,β-unsaturated/α-hetero) is 1. The van der Waals surface area contributed by atoms with Crippen LogP contribution >= 0.6 is 7.60 Å². The smallest absolute Gasteiger partial charge is 0.325 e. The number of fused-ring (bicyclic) bond motifs is 1. The van der Waals surface area contributed by atoms with Gasteiger partial charge in [-0.05, 0) is 43.4 Å². The third-order valence-corrected chi connectivity index (χ3v) is 6.88. The van der Waals surface area contributed by atoms with Crippen LogP contribution in [0.2, 0.25) is 0 Å². The molecular weight excluding hydrogens is 461 g/mol. The SMILES string of the molecule is COc1nc(N2CCC(CCP(=O)(O)O)CC2)cc2cnn(CC(=O)c3ccncc3)c(=O)c12. The van der Waals surface area contributed by atoms with Crippen molar-refractivity contribution >= 4 is 30.0 Å². The Hall–Kier alpha value is -3.14. The highest BCUT2D eigenvalue weighted by molar-refractivity contribution is 7.51. The number of hydrogen-bond acceptors (Lipinski definition) is 8. The second-order valence-corrected chi connectivity index (χ2v) is 10.1. The minimum atomic E-state index is -3.98. The summed E-state index contributed by atoms with van der Waals surface area (Å²) in [7, 11) is -2.55. The van der Waals surface area contributed by atoms with Gasteiger partial charge in [-0.2, -0.15) is 10.1 Å². The van der Waals surface area contributed by atoms with Crippen LogP contribution in [0.25, 0.3) is 10.8 Å². The van der Waals surface area contributed by atoms with Gasteiger partial charge >= 0.3 is 7.60 Å². The molecule has 4 heterocycles. The van der Waals surface area contributed by atoms with Crippen molar-refractivity contribution in [3.8, 4) is 5.88 Å². The van der Waals surface area contributed by atoms with Crippen LogP contribution in [0.15, 0.2) is 41.6 Å². The Morgan fingerprint density at radius 2 is 1.94 bits per heavy atom. The van der Waals surface area contributed by atoms with E-state index in [9.17, 15) is 14.2 Å². The highest BCUT2D eigenvalue weighted by atomic mass is 31.2. The molecule has 2 N–H and O–H groups in total. The lowest BCUT2D eigenvalue weighted by atomic mass is 9.94. The fourth-order valence-electron chi connectivity index (χ4n) is 4.15. The predicted molar refractivity (Wildman–Crippen MR) is 125 cm³/mol. The Morgan fingerprint density at radius 3 is 2.59 bits per heavy atom. The van der Waals surface area contributed by atoms with E-state index in [1.165, 1.54) is 25.7 Å². The molecule has 34 heavy (non-hydrogen) atoms. The van der Waals surface area contributed by atoms with E-state index in [0.717, 1.165) is 17.5 Å². The minimum Gasteiger partial charge on any atom is -0.480 e. The molecule has 3 aromatic heterocycles. The number of pyridine rings is 2. The number of methoxy groups -OCH3 is 1. The molecule has 180 valence electrons. The Morgan fingerprint density at radius 1 is 1.24 bits per heavy atom. The molecule has 1 fully saturated rings. The second-order valence-electron chi connectivity index (χ2n) is 8.33. The first kappa shape index (κ1) is 24.0. The van der Waals surface area contributed by atoms with Crippen molar-refractivity contribution in [2.75, 3.05) is 31.3 Å². The van der Waals surface area contributed by atoms with Crippen LogP contribution in [0.1, 0.15) is 29.6 Å². The van der Waals surface area contributed by atoms with E-state index in [2.05, 4.69) is 20.0 Å². The van der Waals surface area contributed by atoms with E-state index in [1.54, 1.807) is 18.2 Å². The van der Waals surface area contributed by atoms with Crippen molar-refractivity contribution in [1.29, 1.82) is 0 Å². The van der Waals surface area contributed by atoms with Crippen molar-refractivity contribution in [3.05, 3.63) is 52.7 Å². The topological polar surface area (TPSA) is 148 Å². The maximum Gasteiger partial charge on any atom is 0.325 e. The van der Waals surface area contributed by atoms with Crippen molar-refractivity contribution in [2.24, 2.45) is 5.92 Å². The monoisotopic (exact) mass is 487 g/mol. The van der Waals surface area contributed by atoms with Crippen molar-refractivity contribution in [1.82, 2.24) is 19.7 Å². The van der Waals surface area contributed by atoms with Crippen LogP contribution in [-0.4, -0.2) is 61.7 Å². The molecule has 0 unspecified atom stereocenters. The zero-order valence-electron chi connectivity index (χ0n) is 18.7. The molecule has 1 aliphatic rings. The van der Waals surface area contributed by atoms with Crippen LogP contribution in [0.5, 0.6) is 5.88 Å². The quantitative estimate of drug-likeness (QED) is 0.356. The summed E-state index contributed by atoms with van der Waals surface area (Å²) in [5.41, 5.74) is -0.0274. The van der Waals surface area contributed by atoms with Gasteiger partial charge in [0.05, 0.1) is 19.5 Å². The van der Waals surface area contributed by atoms with Gasteiger partial charge in [0.2, 0.25) is 5.88 Å². The number of piperidine rings is 1. The van der Waals surface area contributed by atoms with Gasteiger partial charge in [-0.25, -0.2) is 4.68 Å². The lowest BCUT2D eigenvalue weighted by molar-refractivity contribution is 0.0965. The second kappa shape index (κ2) is 10.0. The van der Waals surface area contributed by atoms with E-state index < -0.39 is 13.2 Å². The first-order chi connectivity index (χ1) is 16.2. The summed E-state index contributed by atoms with van der Waals surface area (Å²) in [6, 6.07) is 4.94. The molecule has 0 amide bonds. The summed E-state index contributed by atoms with van der Waals surface area (Å²) in [6.07, 6.45) is 6.53. The van der Waals surface area contributed by atoms with Crippen molar-refractivity contribution in [2.45, 2.75) is 25.8 Å². The highest BCUT2D eigenvalue weighted by Crippen LogP contribution is 2.38. The first-order valence-corrected chi connectivity index (χ1v) is 12.7. The number of rotatable bonds is 8. The molecule has 4 rings (SSSR count). The average Bonchev–Trinajstić information content (AvgIpc) is 2.84. The van der Waals surface area contributed by atoms with E-state index in [-0.39, 0.29) is 35.7 Å². The van der Waals surface area contributed by atoms with E-state index >= 15 is 0 Å². The number of ether oxygens (including phenoxy) is 1. The lowest BCUT2D eigenvalue weighted by Gasteiger charge is -2.33. The Kier molecular flexibility index (Phi) is 7.06. The van der Waals surface area contributed by atoms with Crippen LogP contribution in [0.3, 0.4) is 0 Å². The van der Waals surface area contributed by atoms with E-state index in [1.807, 2.05) is 0 Å². The molecule has 3 aromatic rings. The number of aromatic nitrogens is 4. The molecule has 0 atom stereocenters. The summed E-state index contributed by atoms with van der Waals surface area (Å²) in [6.45, 7) is 1.14. The van der Waals surface area contributed by atoms with Gasteiger partial charge in [-0.15, -0.1) is 0 Å². The summed E-state index contributed by atoms with van der Waals surface area (Å²) < 4.78 is 17.7. The van der Waals surface area contributed by atoms with Crippen LogP contribution in [0.4, 0.5) is 5.82 Å². The molecule has 0 bridgehead atoms. The van der Waals surface area contributed by atoms with Gasteiger partial charge in [0, 0.05) is 36.4 Å². The van der Waals surface area contributed by atoms with Gasteiger partial charge in [0.25, 0.3) is 5.56 Å². The lowest BCUT2D eigenvalue weighted by Crippen LogP contribution is -2.34. The zero-order valence-corrected chi connectivity index (χ0v) is 19.6. The van der Waals surface area contributed by atoms with Gasteiger partial charge < -0.3 is 19.4 Å². The maximum absolute atomic E-state index is 13.1. The molecule has 0 spiro atoms. The molecule has 0 aromatic carbocycles. The minimum absolute atomic E-state index is 0.0959. The molecule has 12 heteroatoms. The maximum atomic E-state index is 13.1. The van der Waals surface area contributed by atoms with Gasteiger partial charge in [-0.3, -0.25) is 19.1 Å². The third-order valence-electron chi connectivity index (χ3n) is 6.04. The molecule has 0 aliphatic carbocycles. The van der Waals surface area contributed by atoms with Gasteiger partial charge in [-0.1, -0.05) is 0 Å². The molecule has 1 aliphatic heterocycles. The van der Waals surface area contributed by atoms with Crippen molar-refractivity contribution in [3.63, 3.8) is 0 Å². The van der Waals surface area contributed by atoms with Crippen LogP contribution < -0.4 is 15.2 Å². The van der Waals surface area contributed by atoms with E-state index in [0.29, 0.717) is 36.3 Å². The highest BCUT2D eigenvalue weighted by Gasteiger charge is 2.24. The number of carbonyl (C=O) groups is 1. The standard InChI is InChI=1S/C22H26N5O6P/c1-33-21-20-17(13-24-27(22(20)29)14-18(28)16-2-7-23-8-3-16)12-19(25-21)26-9-4-15(5-10-26)6-11-34(30,31)32/h2-3,7-8,12-13,15H,4-6,9-11,14H2,1H3,(H2,30,31,32). The predicted octanol–water partition coefficient (Wildman–Crippen LogP) is 1.86. The largest absolute Gasteiger partial charge is 0.480 e. The number of nitrogens with zero attached hydrogens (tertiary/aromatic N) is 5.